The molecule has 0 aliphatic heterocycles. The van der Waals surface area contributed by atoms with Crippen LogP contribution in [0.3, 0.4) is 0 Å². The molecule has 0 radical (unpaired) electrons. The van der Waals surface area contributed by atoms with Crippen LogP contribution in [0.4, 0.5) is 0 Å². The molecule has 0 atom stereocenters. The van der Waals surface area contributed by atoms with Gasteiger partial charge in [0.1, 0.15) is 0 Å². The number of rotatable bonds is 3. The zero-order valence-electron chi connectivity index (χ0n) is 8.30. The van der Waals surface area contributed by atoms with Crippen molar-refractivity contribution >= 4 is 30.0 Å². The van der Waals surface area contributed by atoms with Crippen LogP contribution in [0.25, 0.3) is 0 Å². The highest BCUT2D eigenvalue weighted by atomic mass is 35.5. The summed E-state index contributed by atoms with van der Waals surface area (Å²) in [6, 6.07) is 3.50. The molecule has 0 saturated carbocycles. The number of Topliss-reactive ketones (excluding diaryl/α,β-unsaturated/α-hetero) is 1. The predicted molar refractivity (Wildman–Crippen MR) is 62.7 cm³/mol. The molecule has 1 aromatic rings. The summed E-state index contributed by atoms with van der Waals surface area (Å²) in [6.07, 6.45) is 1.39. The molecule has 0 fully saturated rings. The molecule has 0 bridgehead atoms. The van der Waals surface area contributed by atoms with Crippen molar-refractivity contribution in [3.63, 3.8) is 0 Å². The normalized spacial score (nSPS) is 10.3. The summed E-state index contributed by atoms with van der Waals surface area (Å²) in [5, 5.41) is 0.597. The van der Waals surface area contributed by atoms with Crippen LogP contribution in [-0.4, -0.2) is 5.78 Å². The molecule has 0 saturated heterocycles. The van der Waals surface area contributed by atoms with Crippen LogP contribution in [0.15, 0.2) is 17.0 Å². The third-order valence-corrected chi connectivity index (χ3v) is 2.85. The van der Waals surface area contributed by atoms with Crippen molar-refractivity contribution in [2.45, 2.75) is 31.6 Å². The standard InChI is InChI=1S/C11H13ClOS/c1-3-4-10(13)9-6-8(12)5-7(2)11(9)14/h5-6,14H,3-4H2,1-2H3. The number of carbonyl (C=O) groups excluding carboxylic acids is 1. The number of hydrogen-bond acceptors (Lipinski definition) is 2. The fourth-order valence-corrected chi connectivity index (χ4v) is 1.84. The Balaban J connectivity index is 3.13. The lowest BCUT2D eigenvalue weighted by atomic mass is 10.0. The molecule has 0 spiro atoms. The number of aryl methyl sites for hydroxylation is 1. The van der Waals surface area contributed by atoms with Crippen molar-refractivity contribution in [2.24, 2.45) is 0 Å². The largest absolute Gasteiger partial charge is 0.294 e. The van der Waals surface area contributed by atoms with E-state index in [2.05, 4.69) is 12.6 Å². The first-order valence-corrected chi connectivity index (χ1v) is 5.41. The van der Waals surface area contributed by atoms with Gasteiger partial charge in [-0.15, -0.1) is 12.6 Å². The van der Waals surface area contributed by atoms with Crippen molar-refractivity contribution in [1.29, 1.82) is 0 Å². The van der Waals surface area contributed by atoms with Gasteiger partial charge in [0.2, 0.25) is 0 Å². The van der Waals surface area contributed by atoms with Gasteiger partial charge >= 0.3 is 0 Å². The molecular weight excluding hydrogens is 216 g/mol. The lowest BCUT2D eigenvalue weighted by Crippen LogP contribution is -2.00. The van der Waals surface area contributed by atoms with Crippen LogP contribution in [-0.2, 0) is 0 Å². The van der Waals surface area contributed by atoms with Crippen molar-refractivity contribution in [3.8, 4) is 0 Å². The van der Waals surface area contributed by atoms with E-state index in [4.69, 9.17) is 11.6 Å². The van der Waals surface area contributed by atoms with Gasteiger partial charge in [-0.1, -0.05) is 18.5 Å². The first kappa shape index (κ1) is 11.6. The Morgan fingerprint density at radius 3 is 2.71 bits per heavy atom. The number of hydrogen-bond donors (Lipinski definition) is 1. The molecular formula is C11H13ClOS. The van der Waals surface area contributed by atoms with Gasteiger partial charge in [0, 0.05) is 21.9 Å². The molecule has 0 amide bonds. The summed E-state index contributed by atoms with van der Waals surface area (Å²) in [7, 11) is 0. The zero-order valence-corrected chi connectivity index (χ0v) is 9.95. The maximum Gasteiger partial charge on any atom is 0.164 e. The van der Waals surface area contributed by atoms with Crippen LogP contribution in [0, 0.1) is 6.92 Å². The minimum absolute atomic E-state index is 0.114. The number of carbonyl (C=O) groups is 1. The van der Waals surface area contributed by atoms with Gasteiger partial charge in [0.15, 0.2) is 5.78 Å². The van der Waals surface area contributed by atoms with Gasteiger partial charge < -0.3 is 0 Å². The van der Waals surface area contributed by atoms with Crippen molar-refractivity contribution in [1.82, 2.24) is 0 Å². The molecule has 1 rings (SSSR count). The van der Waals surface area contributed by atoms with E-state index in [9.17, 15) is 4.79 Å². The first-order chi connectivity index (χ1) is 6.56. The topological polar surface area (TPSA) is 17.1 Å². The second-order valence-corrected chi connectivity index (χ2v) is 4.18. The molecule has 3 heteroatoms. The third-order valence-electron chi connectivity index (χ3n) is 2.04. The predicted octanol–water partition coefficient (Wildman–Crippen LogP) is 3.92. The number of halogens is 1. The van der Waals surface area contributed by atoms with Crippen molar-refractivity contribution in [2.75, 3.05) is 0 Å². The SMILES string of the molecule is CCCC(=O)c1cc(Cl)cc(C)c1S. The summed E-state index contributed by atoms with van der Waals surface area (Å²) < 4.78 is 0. The van der Waals surface area contributed by atoms with E-state index in [1.807, 2.05) is 19.9 Å². The summed E-state index contributed by atoms with van der Waals surface area (Å²) in [5.41, 5.74) is 1.58. The van der Waals surface area contributed by atoms with Gasteiger partial charge in [-0.05, 0) is 31.0 Å². The van der Waals surface area contributed by atoms with Gasteiger partial charge in [0.25, 0.3) is 0 Å². The van der Waals surface area contributed by atoms with Crippen LogP contribution in [0.1, 0.15) is 35.7 Å². The van der Waals surface area contributed by atoms with Crippen LogP contribution >= 0.6 is 24.2 Å². The summed E-state index contributed by atoms with van der Waals surface area (Å²) in [4.78, 5) is 12.4. The Morgan fingerprint density at radius 2 is 2.14 bits per heavy atom. The van der Waals surface area contributed by atoms with Gasteiger partial charge in [-0.3, -0.25) is 4.79 Å². The Kier molecular flexibility index (Phi) is 4.02. The Morgan fingerprint density at radius 1 is 1.50 bits per heavy atom. The number of thiol groups is 1. The second-order valence-electron chi connectivity index (χ2n) is 3.29. The van der Waals surface area contributed by atoms with Gasteiger partial charge in [-0.2, -0.15) is 0 Å². The lowest BCUT2D eigenvalue weighted by molar-refractivity contribution is 0.0979. The van der Waals surface area contributed by atoms with E-state index in [0.717, 1.165) is 16.9 Å². The fourth-order valence-electron chi connectivity index (χ4n) is 1.31. The lowest BCUT2D eigenvalue weighted by Gasteiger charge is -2.07. The number of benzene rings is 1. The van der Waals surface area contributed by atoms with Crippen LogP contribution < -0.4 is 0 Å². The Bertz CT molecular complexity index is 361. The summed E-state index contributed by atoms with van der Waals surface area (Å²) >= 11 is 10.2. The quantitative estimate of drug-likeness (QED) is 0.613. The van der Waals surface area contributed by atoms with Crippen molar-refractivity contribution in [3.05, 3.63) is 28.3 Å². The molecule has 0 aliphatic rings. The molecule has 76 valence electrons. The molecule has 1 nitrogen and oxygen atoms in total. The maximum atomic E-state index is 11.7. The highest BCUT2D eigenvalue weighted by Gasteiger charge is 2.11. The molecule has 0 aliphatic carbocycles. The summed E-state index contributed by atoms with van der Waals surface area (Å²) in [5.74, 6) is 0.114. The molecule has 0 N–H and O–H groups in total. The zero-order chi connectivity index (χ0) is 10.7. The fraction of sp³-hybridized carbons (Fsp3) is 0.364. The van der Waals surface area contributed by atoms with Crippen molar-refractivity contribution < 1.29 is 4.79 Å². The Hall–Kier alpha value is -0.470. The average Bonchev–Trinajstić information content (AvgIpc) is 2.11. The third kappa shape index (κ3) is 2.52. The molecule has 1 aromatic carbocycles. The minimum atomic E-state index is 0.114. The monoisotopic (exact) mass is 228 g/mol. The van der Waals surface area contributed by atoms with E-state index in [1.165, 1.54) is 0 Å². The second kappa shape index (κ2) is 4.85. The van der Waals surface area contributed by atoms with E-state index < -0.39 is 0 Å². The van der Waals surface area contributed by atoms with Crippen LogP contribution in [0.5, 0.6) is 0 Å². The molecule has 0 unspecified atom stereocenters. The van der Waals surface area contributed by atoms with Crippen LogP contribution in [0.2, 0.25) is 5.02 Å². The van der Waals surface area contributed by atoms with Gasteiger partial charge in [-0.25, -0.2) is 0 Å². The summed E-state index contributed by atoms with van der Waals surface area (Å²) in [6.45, 7) is 3.88. The van der Waals surface area contributed by atoms with Gasteiger partial charge in [0.05, 0.1) is 0 Å². The van der Waals surface area contributed by atoms with E-state index in [1.54, 1.807) is 6.07 Å². The maximum absolute atomic E-state index is 11.7. The minimum Gasteiger partial charge on any atom is -0.294 e. The smallest absolute Gasteiger partial charge is 0.164 e. The van der Waals surface area contributed by atoms with E-state index in [-0.39, 0.29) is 5.78 Å². The highest BCUT2D eigenvalue weighted by molar-refractivity contribution is 7.80. The van der Waals surface area contributed by atoms with E-state index >= 15 is 0 Å². The highest BCUT2D eigenvalue weighted by Crippen LogP contribution is 2.25. The molecule has 14 heavy (non-hydrogen) atoms. The number of ketones is 1. The van der Waals surface area contributed by atoms with E-state index in [0.29, 0.717) is 17.0 Å². The molecule has 0 heterocycles. The average molecular weight is 229 g/mol. The molecule has 0 aromatic heterocycles. The Labute approximate surface area is 94.9 Å². The first-order valence-electron chi connectivity index (χ1n) is 4.58.